The molecule has 0 saturated carbocycles. The number of halogens is 2. The first kappa shape index (κ1) is 12.8. The normalized spacial score (nSPS) is 10.9. The summed E-state index contributed by atoms with van der Waals surface area (Å²) in [7, 11) is 0. The monoisotopic (exact) mass is 269 g/mol. The Morgan fingerprint density at radius 1 is 1.44 bits per heavy atom. The number of aromatic nitrogens is 1. The van der Waals surface area contributed by atoms with Crippen molar-refractivity contribution < 1.29 is 8.78 Å². The average Bonchev–Trinajstić information content (AvgIpc) is 2.73. The number of nitrogens with two attached hydrogens (primary N) is 1. The topological polar surface area (TPSA) is 50.9 Å². The summed E-state index contributed by atoms with van der Waals surface area (Å²) >= 11 is 1.55. The fourth-order valence-electron chi connectivity index (χ4n) is 1.53. The van der Waals surface area contributed by atoms with E-state index in [-0.39, 0.29) is 5.56 Å². The van der Waals surface area contributed by atoms with Gasteiger partial charge in [-0.2, -0.15) is 0 Å². The first-order chi connectivity index (χ1) is 8.56. The van der Waals surface area contributed by atoms with Gasteiger partial charge in [0.25, 0.3) is 6.43 Å². The number of aryl methyl sites for hydroxylation is 1. The number of nitrogens with zero attached hydrogens (tertiary/aromatic N) is 1. The van der Waals surface area contributed by atoms with Crippen molar-refractivity contribution in [2.45, 2.75) is 19.9 Å². The number of rotatable bonds is 4. The average molecular weight is 269 g/mol. The second kappa shape index (κ2) is 5.30. The molecule has 0 spiro atoms. The highest BCUT2D eigenvalue weighted by atomic mass is 32.1. The number of anilines is 2. The highest BCUT2D eigenvalue weighted by Crippen LogP contribution is 2.26. The SMILES string of the molecule is Cc1csc(CNc2ccc(C(F)F)cc2N)n1. The van der Waals surface area contributed by atoms with Crippen molar-refractivity contribution in [3.8, 4) is 0 Å². The van der Waals surface area contributed by atoms with Crippen LogP contribution in [0.5, 0.6) is 0 Å². The minimum atomic E-state index is -2.50. The number of hydrogen-bond acceptors (Lipinski definition) is 4. The van der Waals surface area contributed by atoms with Gasteiger partial charge in [0.05, 0.1) is 17.9 Å². The number of benzene rings is 1. The third kappa shape index (κ3) is 2.95. The van der Waals surface area contributed by atoms with Crippen LogP contribution in [0, 0.1) is 6.92 Å². The largest absolute Gasteiger partial charge is 0.397 e. The van der Waals surface area contributed by atoms with E-state index in [2.05, 4.69) is 10.3 Å². The second-order valence-corrected chi connectivity index (χ2v) is 4.83. The van der Waals surface area contributed by atoms with E-state index >= 15 is 0 Å². The predicted molar refractivity (Wildman–Crippen MR) is 70.0 cm³/mol. The molecule has 2 aromatic rings. The summed E-state index contributed by atoms with van der Waals surface area (Å²) in [5, 5.41) is 5.98. The van der Waals surface area contributed by atoms with Crippen LogP contribution in [0.15, 0.2) is 23.6 Å². The van der Waals surface area contributed by atoms with Gasteiger partial charge in [-0.25, -0.2) is 13.8 Å². The summed E-state index contributed by atoms with van der Waals surface area (Å²) in [5.41, 5.74) is 7.59. The van der Waals surface area contributed by atoms with Crippen molar-refractivity contribution in [1.82, 2.24) is 4.98 Å². The molecular formula is C12H13F2N3S. The fourth-order valence-corrected chi connectivity index (χ4v) is 2.24. The highest BCUT2D eigenvalue weighted by Gasteiger charge is 2.09. The Bertz CT molecular complexity index is 540. The molecule has 3 N–H and O–H groups in total. The first-order valence-corrected chi connectivity index (χ1v) is 6.26. The number of alkyl halides is 2. The van der Waals surface area contributed by atoms with E-state index in [1.54, 1.807) is 17.4 Å². The lowest BCUT2D eigenvalue weighted by molar-refractivity contribution is 0.151. The minimum Gasteiger partial charge on any atom is -0.397 e. The smallest absolute Gasteiger partial charge is 0.263 e. The van der Waals surface area contributed by atoms with E-state index in [0.29, 0.717) is 17.9 Å². The zero-order valence-corrected chi connectivity index (χ0v) is 10.6. The van der Waals surface area contributed by atoms with Crippen molar-refractivity contribution in [2.75, 3.05) is 11.1 Å². The third-order valence-corrected chi connectivity index (χ3v) is 3.39. The van der Waals surface area contributed by atoms with Crippen molar-refractivity contribution >= 4 is 22.7 Å². The molecule has 1 aromatic carbocycles. The lowest BCUT2D eigenvalue weighted by atomic mass is 10.2. The number of nitrogen functional groups attached to an aromatic ring is 1. The van der Waals surface area contributed by atoms with Gasteiger partial charge in [-0.15, -0.1) is 11.3 Å². The molecule has 0 aliphatic rings. The molecule has 18 heavy (non-hydrogen) atoms. The standard InChI is InChI=1S/C12H13F2N3S/c1-7-6-18-11(17-7)5-16-10-3-2-8(12(13)14)4-9(10)15/h2-4,6,12,16H,5,15H2,1H3. The molecule has 0 atom stereocenters. The molecule has 0 saturated heterocycles. The molecule has 6 heteroatoms. The molecular weight excluding hydrogens is 256 g/mol. The Morgan fingerprint density at radius 3 is 2.78 bits per heavy atom. The van der Waals surface area contributed by atoms with Crippen LogP contribution in [-0.2, 0) is 6.54 Å². The van der Waals surface area contributed by atoms with Crippen molar-refractivity contribution in [3.05, 3.63) is 39.8 Å². The van der Waals surface area contributed by atoms with E-state index in [4.69, 9.17) is 5.73 Å². The van der Waals surface area contributed by atoms with Crippen LogP contribution in [-0.4, -0.2) is 4.98 Å². The summed E-state index contributed by atoms with van der Waals surface area (Å²) in [5.74, 6) is 0. The molecule has 1 aromatic heterocycles. The summed E-state index contributed by atoms with van der Waals surface area (Å²) < 4.78 is 24.9. The molecule has 0 radical (unpaired) electrons. The number of thiazole rings is 1. The van der Waals surface area contributed by atoms with Crippen LogP contribution >= 0.6 is 11.3 Å². The first-order valence-electron chi connectivity index (χ1n) is 5.38. The van der Waals surface area contributed by atoms with Gasteiger partial charge in [-0.05, 0) is 19.1 Å². The molecule has 3 nitrogen and oxygen atoms in total. The van der Waals surface area contributed by atoms with E-state index in [0.717, 1.165) is 10.7 Å². The second-order valence-electron chi connectivity index (χ2n) is 3.88. The lowest BCUT2D eigenvalue weighted by Gasteiger charge is -2.09. The van der Waals surface area contributed by atoms with Crippen molar-refractivity contribution in [1.29, 1.82) is 0 Å². The molecule has 0 bridgehead atoms. The Labute approximate surface area is 108 Å². The lowest BCUT2D eigenvalue weighted by Crippen LogP contribution is -2.03. The maximum atomic E-state index is 12.4. The van der Waals surface area contributed by atoms with E-state index < -0.39 is 6.43 Å². The van der Waals surface area contributed by atoms with Gasteiger partial charge in [0.2, 0.25) is 0 Å². The van der Waals surface area contributed by atoms with Crippen LogP contribution < -0.4 is 11.1 Å². The molecule has 2 rings (SSSR count). The number of nitrogens with one attached hydrogen (secondary N) is 1. The van der Waals surface area contributed by atoms with Crippen molar-refractivity contribution in [2.24, 2.45) is 0 Å². The van der Waals surface area contributed by atoms with Gasteiger partial charge in [0.1, 0.15) is 5.01 Å². The molecule has 96 valence electrons. The van der Waals surface area contributed by atoms with Gasteiger partial charge in [-0.3, -0.25) is 0 Å². The van der Waals surface area contributed by atoms with Gasteiger partial charge < -0.3 is 11.1 Å². The molecule has 0 unspecified atom stereocenters. The number of hydrogen-bond donors (Lipinski definition) is 2. The summed E-state index contributed by atoms with van der Waals surface area (Å²) in [4.78, 5) is 4.30. The Hall–Kier alpha value is -1.69. The summed E-state index contributed by atoms with van der Waals surface area (Å²) in [6.07, 6.45) is -2.50. The van der Waals surface area contributed by atoms with Crippen LogP contribution in [0.2, 0.25) is 0 Å². The molecule has 0 fully saturated rings. The Morgan fingerprint density at radius 2 is 2.22 bits per heavy atom. The maximum absolute atomic E-state index is 12.4. The van der Waals surface area contributed by atoms with Crippen LogP contribution in [0.3, 0.4) is 0 Å². The minimum absolute atomic E-state index is 0.0665. The van der Waals surface area contributed by atoms with Gasteiger partial charge >= 0.3 is 0 Å². The van der Waals surface area contributed by atoms with Gasteiger partial charge in [-0.1, -0.05) is 6.07 Å². The van der Waals surface area contributed by atoms with Gasteiger partial charge in [0, 0.05) is 16.6 Å². The quantitative estimate of drug-likeness (QED) is 0.834. The zero-order valence-electron chi connectivity index (χ0n) is 9.78. The van der Waals surface area contributed by atoms with Crippen LogP contribution in [0.1, 0.15) is 22.7 Å². The van der Waals surface area contributed by atoms with E-state index in [1.807, 2.05) is 12.3 Å². The fraction of sp³-hybridized carbons (Fsp3) is 0.250. The molecule has 0 aliphatic heterocycles. The van der Waals surface area contributed by atoms with E-state index in [1.165, 1.54) is 12.1 Å². The van der Waals surface area contributed by atoms with E-state index in [9.17, 15) is 8.78 Å². The maximum Gasteiger partial charge on any atom is 0.263 e. The molecule has 0 aliphatic carbocycles. The third-order valence-electron chi connectivity index (χ3n) is 2.42. The van der Waals surface area contributed by atoms with Crippen molar-refractivity contribution in [3.63, 3.8) is 0 Å². The molecule has 0 amide bonds. The van der Waals surface area contributed by atoms with Crippen LogP contribution in [0.4, 0.5) is 20.2 Å². The summed E-state index contributed by atoms with van der Waals surface area (Å²) in [6, 6.07) is 4.23. The predicted octanol–water partition coefficient (Wildman–Crippen LogP) is 3.58. The zero-order chi connectivity index (χ0) is 13.1. The Balaban J connectivity index is 2.05. The Kier molecular flexibility index (Phi) is 3.76. The highest BCUT2D eigenvalue weighted by molar-refractivity contribution is 7.09. The molecule has 1 heterocycles. The van der Waals surface area contributed by atoms with Gasteiger partial charge in [0.15, 0.2) is 0 Å². The van der Waals surface area contributed by atoms with Crippen LogP contribution in [0.25, 0.3) is 0 Å². The summed E-state index contributed by atoms with van der Waals surface area (Å²) in [6.45, 7) is 2.46.